The van der Waals surface area contributed by atoms with E-state index >= 15 is 0 Å². The smallest absolute Gasteiger partial charge is 0.411 e. The highest BCUT2D eigenvalue weighted by Crippen LogP contribution is 2.32. The minimum atomic E-state index is -0.579. The summed E-state index contributed by atoms with van der Waals surface area (Å²) in [5, 5.41) is 9.51. The Bertz CT molecular complexity index is 545. The molecule has 0 aliphatic carbocycles. The van der Waals surface area contributed by atoms with Gasteiger partial charge in [0.1, 0.15) is 11.4 Å². The van der Waals surface area contributed by atoms with Gasteiger partial charge in [0.2, 0.25) is 0 Å². The number of methoxy groups -OCH3 is 1. The number of carbonyl (C=O) groups excluding carboxylic acids is 1. The summed E-state index contributed by atoms with van der Waals surface area (Å²) in [6.07, 6.45) is 3.31. The normalized spacial score (nSPS) is 21.0. The van der Waals surface area contributed by atoms with Gasteiger partial charge in [-0.1, -0.05) is 24.3 Å². The molecule has 0 radical (unpaired) electrons. The van der Waals surface area contributed by atoms with Crippen LogP contribution in [0.2, 0.25) is 0 Å². The zero-order valence-electron chi connectivity index (χ0n) is 13.4. The maximum atomic E-state index is 12.5. The summed E-state index contributed by atoms with van der Waals surface area (Å²) >= 11 is 0. The van der Waals surface area contributed by atoms with Crippen molar-refractivity contribution >= 4 is 6.09 Å². The van der Waals surface area contributed by atoms with E-state index in [2.05, 4.69) is 0 Å². The Morgan fingerprint density at radius 1 is 1.23 bits per heavy atom. The topological polar surface area (TPSA) is 59.0 Å². The van der Waals surface area contributed by atoms with E-state index in [1.165, 1.54) is 0 Å². The average molecular weight is 305 g/mol. The Kier molecular flexibility index (Phi) is 4.76. The number of carbonyl (C=O) groups is 1. The molecule has 120 valence electrons. The second-order valence-corrected chi connectivity index (χ2v) is 6.24. The fourth-order valence-corrected chi connectivity index (χ4v) is 2.41. The van der Waals surface area contributed by atoms with E-state index in [4.69, 9.17) is 9.47 Å². The number of nitrogens with zero attached hydrogens (tertiary/aromatic N) is 1. The average Bonchev–Trinajstić information content (AvgIpc) is 2.89. The van der Waals surface area contributed by atoms with Crippen molar-refractivity contribution in [1.29, 1.82) is 0 Å². The highest BCUT2D eigenvalue weighted by Gasteiger charge is 2.36. The lowest BCUT2D eigenvalue weighted by atomic mass is 10.1. The quantitative estimate of drug-likeness (QED) is 0.872. The first kappa shape index (κ1) is 16.4. The highest BCUT2D eigenvalue weighted by atomic mass is 16.6. The molecule has 0 saturated heterocycles. The van der Waals surface area contributed by atoms with E-state index in [1.807, 2.05) is 57.2 Å². The molecule has 1 aromatic carbocycles. The molecular weight excluding hydrogens is 282 g/mol. The first-order valence-electron chi connectivity index (χ1n) is 7.30. The van der Waals surface area contributed by atoms with Crippen molar-refractivity contribution in [2.24, 2.45) is 0 Å². The summed E-state index contributed by atoms with van der Waals surface area (Å²) in [7, 11) is 1.61. The van der Waals surface area contributed by atoms with Gasteiger partial charge in [0.15, 0.2) is 0 Å². The molecule has 2 rings (SSSR count). The van der Waals surface area contributed by atoms with E-state index < -0.39 is 11.7 Å². The molecule has 0 saturated carbocycles. The molecule has 0 fully saturated rings. The van der Waals surface area contributed by atoms with Gasteiger partial charge in [-0.2, -0.15) is 0 Å². The van der Waals surface area contributed by atoms with Gasteiger partial charge in [0.05, 0.1) is 25.8 Å². The molecule has 2 atom stereocenters. The van der Waals surface area contributed by atoms with Crippen LogP contribution in [0.3, 0.4) is 0 Å². The zero-order chi connectivity index (χ0) is 16.3. The van der Waals surface area contributed by atoms with Crippen LogP contribution in [0.15, 0.2) is 36.4 Å². The van der Waals surface area contributed by atoms with Crippen LogP contribution in [0.25, 0.3) is 0 Å². The van der Waals surface area contributed by atoms with E-state index in [9.17, 15) is 9.90 Å². The van der Waals surface area contributed by atoms with Gasteiger partial charge in [-0.15, -0.1) is 0 Å². The lowest BCUT2D eigenvalue weighted by Crippen LogP contribution is -2.43. The fraction of sp³-hybridized carbons (Fsp3) is 0.471. The van der Waals surface area contributed by atoms with Crippen LogP contribution >= 0.6 is 0 Å². The van der Waals surface area contributed by atoms with Crippen LogP contribution in [0.1, 0.15) is 32.4 Å². The van der Waals surface area contributed by atoms with Crippen molar-refractivity contribution < 1.29 is 19.4 Å². The Balaban J connectivity index is 2.24. The standard InChI is InChI=1S/C17H23NO4/c1-17(2,3)22-16(20)18-13(11-19)7-10-15(18)12-5-8-14(21-4)9-6-12/h5-10,13,15,19H,11H2,1-4H3/t13-,15-/m0/s1. The van der Waals surface area contributed by atoms with Gasteiger partial charge in [0.25, 0.3) is 0 Å². The van der Waals surface area contributed by atoms with E-state index in [0.29, 0.717) is 0 Å². The van der Waals surface area contributed by atoms with Crippen molar-refractivity contribution in [1.82, 2.24) is 4.90 Å². The van der Waals surface area contributed by atoms with Crippen LogP contribution in [0.5, 0.6) is 5.75 Å². The third-order valence-corrected chi connectivity index (χ3v) is 3.42. The van der Waals surface area contributed by atoms with Gasteiger partial charge in [-0.25, -0.2) is 4.79 Å². The number of aliphatic hydroxyl groups is 1. The second-order valence-electron chi connectivity index (χ2n) is 6.24. The lowest BCUT2D eigenvalue weighted by Gasteiger charge is -2.32. The summed E-state index contributed by atoms with van der Waals surface area (Å²) in [5.41, 5.74) is 0.364. The predicted octanol–water partition coefficient (Wildman–Crippen LogP) is 2.90. The molecule has 5 nitrogen and oxygen atoms in total. The van der Waals surface area contributed by atoms with Crippen LogP contribution in [-0.2, 0) is 4.74 Å². The Hall–Kier alpha value is -2.01. The Morgan fingerprint density at radius 3 is 2.36 bits per heavy atom. The molecule has 1 aromatic rings. The van der Waals surface area contributed by atoms with Gasteiger partial charge in [-0.05, 0) is 38.5 Å². The number of hydrogen-bond donors (Lipinski definition) is 1. The molecule has 0 bridgehead atoms. The molecule has 1 heterocycles. The van der Waals surface area contributed by atoms with Crippen LogP contribution in [-0.4, -0.2) is 41.5 Å². The maximum absolute atomic E-state index is 12.5. The van der Waals surface area contributed by atoms with Crippen molar-refractivity contribution in [3.8, 4) is 5.75 Å². The highest BCUT2D eigenvalue weighted by molar-refractivity contribution is 5.71. The molecule has 1 N–H and O–H groups in total. The minimum absolute atomic E-state index is 0.137. The fourth-order valence-electron chi connectivity index (χ4n) is 2.41. The van der Waals surface area contributed by atoms with Crippen LogP contribution in [0.4, 0.5) is 4.79 Å². The Morgan fingerprint density at radius 2 is 1.86 bits per heavy atom. The maximum Gasteiger partial charge on any atom is 0.411 e. The molecule has 0 aromatic heterocycles. The van der Waals surface area contributed by atoms with Gasteiger partial charge in [0, 0.05) is 0 Å². The van der Waals surface area contributed by atoms with Crippen molar-refractivity contribution in [2.45, 2.75) is 38.5 Å². The predicted molar refractivity (Wildman–Crippen MR) is 83.8 cm³/mol. The molecule has 5 heteroatoms. The summed E-state index contributed by atoms with van der Waals surface area (Å²) < 4.78 is 10.6. The monoisotopic (exact) mass is 305 g/mol. The number of ether oxygens (including phenoxy) is 2. The molecule has 22 heavy (non-hydrogen) atoms. The minimum Gasteiger partial charge on any atom is -0.497 e. The lowest BCUT2D eigenvalue weighted by molar-refractivity contribution is 0.0114. The third-order valence-electron chi connectivity index (χ3n) is 3.42. The summed E-state index contributed by atoms with van der Waals surface area (Å²) in [5.74, 6) is 0.758. The zero-order valence-corrected chi connectivity index (χ0v) is 13.4. The van der Waals surface area contributed by atoms with Crippen LogP contribution < -0.4 is 4.74 Å². The van der Waals surface area contributed by atoms with E-state index in [0.717, 1.165) is 11.3 Å². The van der Waals surface area contributed by atoms with Crippen molar-refractivity contribution in [3.05, 3.63) is 42.0 Å². The van der Waals surface area contributed by atoms with E-state index in [-0.39, 0.29) is 18.7 Å². The molecule has 1 aliphatic heterocycles. The summed E-state index contributed by atoms with van der Waals surface area (Å²) in [6, 6.07) is 6.89. The second kappa shape index (κ2) is 6.40. The molecule has 0 unspecified atom stereocenters. The number of benzene rings is 1. The summed E-state index contributed by atoms with van der Waals surface area (Å²) in [6.45, 7) is 5.34. The first-order valence-corrected chi connectivity index (χ1v) is 7.30. The number of rotatable bonds is 3. The number of hydrogen-bond acceptors (Lipinski definition) is 4. The number of amides is 1. The largest absolute Gasteiger partial charge is 0.497 e. The number of aliphatic hydroxyl groups excluding tert-OH is 1. The SMILES string of the molecule is COc1ccc([C@@H]2C=C[C@@H](CO)N2C(=O)OC(C)(C)C)cc1. The third kappa shape index (κ3) is 3.60. The van der Waals surface area contributed by atoms with Crippen molar-refractivity contribution in [2.75, 3.05) is 13.7 Å². The molecule has 0 spiro atoms. The Labute approximate surface area is 131 Å². The molecule has 1 aliphatic rings. The van der Waals surface area contributed by atoms with Gasteiger partial charge < -0.3 is 14.6 Å². The van der Waals surface area contributed by atoms with E-state index in [1.54, 1.807) is 12.0 Å². The van der Waals surface area contributed by atoms with Gasteiger partial charge >= 0.3 is 6.09 Å². The molecular formula is C17H23NO4. The van der Waals surface area contributed by atoms with Gasteiger partial charge in [-0.3, -0.25) is 4.90 Å². The van der Waals surface area contributed by atoms with Crippen LogP contribution in [0, 0.1) is 0 Å². The van der Waals surface area contributed by atoms with Crippen molar-refractivity contribution in [3.63, 3.8) is 0 Å². The summed E-state index contributed by atoms with van der Waals surface area (Å²) in [4.78, 5) is 14.0. The first-order chi connectivity index (χ1) is 10.4. The molecule has 1 amide bonds.